The first-order valence-corrected chi connectivity index (χ1v) is 6.85. The molecule has 7 nitrogen and oxygen atoms in total. The molecule has 1 aromatic carbocycles. The second-order valence-corrected chi connectivity index (χ2v) is 4.67. The second kappa shape index (κ2) is 8.89. The molecule has 7 heteroatoms. The summed E-state index contributed by atoms with van der Waals surface area (Å²) in [5, 5.41) is 19.9. The number of nitrogens with one attached hydrogen (secondary N) is 1. The maximum absolute atomic E-state index is 11.6. The Balaban J connectivity index is 2.53. The van der Waals surface area contributed by atoms with Crippen molar-refractivity contribution < 1.29 is 29.3 Å². The molecule has 0 saturated carbocycles. The van der Waals surface area contributed by atoms with E-state index < -0.39 is 24.5 Å². The third-order valence-corrected chi connectivity index (χ3v) is 3.15. The maximum atomic E-state index is 11.6. The molecule has 0 aliphatic heterocycles. The van der Waals surface area contributed by atoms with E-state index in [-0.39, 0.29) is 6.42 Å². The molecule has 1 rings (SSSR count). The van der Waals surface area contributed by atoms with Crippen LogP contribution in [0.15, 0.2) is 18.2 Å². The van der Waals surface area contributed by atoms with Gasteiger partial charge in [-0.25, -0.2) is 4.79 Å². The van der Waals surface area contributed by atoms with E-state index in [4.69, 9.17) is 19.7 Å². The quantitative estimate of drug-likeness (QED) is 0.616. The number of amides is 1. The van der Waals surface area contributed by atoms with E-state index in [1.54, 1.807) is 26.4 Å². The fourth-order valence-electron chi connectivity index (χ4n) is 1.97. The van der Waals surface area contributed by atoms with Crippen molar-refractivity contribution in [2.75, 3.05) is 20.8 Å². The van der Waals surface area contributed by atoms with Gasteiger partial charge in [0.1, 0.15) is 17.5 Å². The summed E-state index contributed by atoms with van der Waals surface area (Å²) in [7, 11) is 3.14. The van der Waals surface area contributed by atoms with Crippen LogP contribution in [0.3, 0.4) is 0 Å². The van der Waals surface area contributed by atoms with Crippen molar-refractivity contribution in [2.45, 2.75) is 25.3 Å². The average Bonchev–Trinajstić information content (AvgIpc) is 2.52. The highest BCUT2D eigenvalue weighted by molar-refractivity contribution is 5.83. The molecule has 122 valence electrons. The number of carboxylic acids is 1. The van der Waals surface area contributed by atoms with Crippen LogP contribution in [0.1, 0.15) is 18.4 Å². The van der Waals surface area contributed by atoms with E-state index in [1.807, 2.05) is 6.07 Å². The topological polar surface area (TPSA) is 105 Å². The molecular weight excluding hydrogens is 290 g/mol. The zero-order chi connectivity index (χ0) is 16.5. The number of carboxylic acid groups (broad SMARTS) is 1. The van der Waals surface area contributed by atoms with Crippen molar-refractivity contribution >= 4 is 11.9 Å². The summed E-state index contributed by atoms with van der Waals surface area (Å²) in [4.78, 5) is 22.4. The minimum absolute atomic E-state index is 0.157. The highest BCUT2D eigenvalue weighted by Gasteiger charge is 2.18. The summed E-state index contributed by atoms with van der Waals surface area (Å²) < 4.78 is 10.4. The number of aliphatic hydroxyl groups is 1. The number of methoxy groups -OCH3 is 2. The molecular formula is C15H21NO6. The molecule has 0 fully saturated rings. The van der Waals surface area contributed by atoms with Gasteiger partial charge in [-0.3, -0.25) is 4.79 Å². The molecule has 1 amide bonds. The lowest BCUT2D eigenvalue weighted by atomic mass is 10.1. The number of aliphatic hydroxyl groups excluding tert-OH is 1. The van der Waals surface area contributed by atoms with Gasteiger partial charge in [-0.05, 0) is 36.6 Å². The number of carbonyl (C=O) groups excluding carboxylic acids is 1. The molecule has 3 N–H and O–H groups in total. The second-order valence-electron chi connectivity index (χ2n) is 4.67. The third-order valence-electron chi connectivity index (χ3n) is 3.15. The monoisotopic (exact) mass is 311 g/mol. The number of carbonyl (C=O) groups is 2. The van der Waals surface area contributed by atoms with E-state index in [1.165, 1.54) is 0 Å². The highest BCUT2D eigenvalue weighted by atomic mass is 16.5. The molecule has 1 unspecified atom stereocenters. The van der Waals surface area contributed by atoms with Crippen LogP contribution < -0.4 is 14.8 Å². The van der Waals surface area contributed by atoms with Crippen molar-refractivity contribution in [2.24, 2.45) is 0 Å². The fourth-order valence-corrected chi connectivity index (χ4v) is 1.97. The Morgan fingerprint density at radius 3 is 2.55 bits per heavy atom. The third kappa shape index (κ3) is 5.25. The number of aliphatic carboxylic acids is 1. The summed E-state index contributed by atoms with van der Waals surface area (Å²) in [6.07, 6.45) is 1.27. The van der Waals surface area contributed by atoms with Crippen LogP contribution in [-0.4, -0.2) is 49.0 Å². The normalized spacial score (nSPS) is 11.6. The first-order chi connectivity index (χ1) is 10.5. The molecule has 0 saturated heterocycles. The van der Waals surface area contributed by atoms with Gasteiger partial charge in [-0.1, -0.05) is 0 Å². The Morgan fingerprint density at radius 2 is 2.00 bits per heavy atom. The molecule has 0 spiro atoms. The molecule has 0 aliphatic rings. The van der Waals surface area contributed by atoms with Crippen molar-refractivity contribution in [1.29, 1.82) is 0 Å². The first-order valence-electron chi connectivity index (χ1n) is 6.85. The van der Waals surface area contributed by atoms with Crippen molar-refractivity contribution in [3.63, 3.8) is 0 Å². The summed E-state index contributed by atoms with van der Waals surface area (Å²) >= 11 is 0. The van der Waals surface area contributed by atoms with Crippen LogP contribution in [0.2, 0.25) is 0 Å². The summed E-state index contributed by atoms with van der Waals surface area (Å²) in [5.41, 5.74) is 0.909. The predicted molar refractivity (Wildman–Crippen MR) is 79.1 cm³/mol. The Hall–Kier alpha value is -2.28. The smallest absolute Gasteiger partial charge is 0.328 e. The van der Waals surface area contributed by atoms with Gasteiger partial charge < -0.3 is 25.0 Å². The van der Waals surface area contributed by atoms with E-state index >= 15 is 0 Å². The number of hydrogen-bond donors (Lipinski definition) is 3. The van der Waals surface area contributed by atoms with Crippen molar-refractivity contribution in [3.8, 4) is 11.5 Å². The number of rotatable bonds is 9. The number of hydrogen-bond acceptors (Lipinski definition) is 5. The largest absolute Gasteiger partial charge is 0.497 e. The van der Waals surface area contributed by atoms with Gasteiger partial charge in [0.05, 0.1) is 20.8 Å². The van der Waals surface area contributed by atoms with E-state index in [2.05, 4.69) is 5.32 Å². The van der Waals surface area contributed by atoms with Gasteiger partial charge in [0.25, 0.3) is 0 Å². The molecule has 1 aromatic rings. The lowest BCUT2D eigenvalue weighted by Gasteiger charge is -2.12. The molecule has 0 aliphatic carbocycles. The Bertz CT molecular complexity index is 517. The highest BCUT2D eigenvalue weighted by Crippen LogP contribution is 2.25. The lowest BCUT2D eigenvalue weighted by Crippen LogP contribution is -2.43. The average molecular weight is 311 g/mol. The van der Waals surface area contributed by atoms with Crippen LogP contribution in [0.5, 0.6) is 11.5 Å². The number of ether oxygens (including phenoxy) is 2. The van der Waals surface area contributed by atoms with E-state index in [0.29, 0.717) is 24.3 Å². The number of benzene rings is 1. The van der Waals surface area contributed by atoms with Crippen LogP contribution in [0.25, 0.3) is 0 Å². The molecule has 0 bridgehead atoms. The van der Waals surface area contributed by atoms with E-state index in [9.17, 15) is 9.59 Å². The lowest BCUT2D eigenvalue weighted by molar-refractivity contribution is -0.142. The Labute approximate surface area is 128 Å². The van der Waals surface area contributed by atoms with Crippen molar-refractivity contribution in [1.82, 2.24) is 5.32 Å². The van der Waals surface area contributed by atoms with Gasteiger partial charge >= 0.3 is 5.97 Å². The minimum atomic E-state index is -1.26. The van der Waals surface area contributed by atoms with Gasteiger partial charge in [0.2, 0.25) is 5.91 Å². The molecule has 22 heavy (non-hydrogen) atoms. The van der Waals surface area contributed by atoms with Gasteiger partial charge in [0.15, 0.2) is 0 Å². The standard InChI is InChI=1S/C15H21NO6/c1-21-11-6-7-13(22-2)10(8-11)4-3-5-14(18)16-12(9-17)15(19)20/h6-8,12,17H,3-5,9H2,1-2H3,(H,16,18)(H,19,20). The minimum Gasteiger partial charge on any atom is -0.497 e. The van der Waals surface area contributed by atoms with E-state index in [0.717, 1.165) is 5.56 Å². The zero-order valence-electron chi connectivity index (χ0n) is 12.7. The summed E-state index contributed by atoms with van der Waals surface area (Å²) in [6.45, 7) is -0.634. The van der Waals surface area contributed by atoms with Crippen LogP contribution in [0.4, 0.5) is 0 Å². The van der Waals surface area contributed by atoms with Crippen LogP contribution in [0, 0.1) is 0 Å². The Morgan fingerprint density at radius 1 is 1.27 bits per heavy atom. The molecule has 1 atom stereocenters. The van der Waals surface area contributed by atoms with Crippen LogP contribution >= 0.6 is 0 Å². The summed E-state index contributed by atoms with van der Waals surface area (Å²) in [5.74, 6) is -0.264. The molecule has 0 aromatic heterocycles. The first kappa shape index (κ1) is 17.8. The molecule has 0 radical (unpaired) electrons. The van der Waals surface area contributed by atoms with Crippen molar-refractivity contribution in [3.05, 3.63) is 23.8 Å². The number of aryl methyl sites for hydroxylation is 1. The fraction of sp³-hybridized carbons (Fsp3) is 0.467. The van der Waals surface area contributed by atoms with Gasteiger partial charge in [0, 0.05) is 6.42 Å². The summed E-state index contributed by atoms with van der Waals surface area (Å²) in [6, 6.07) is 4.15. The van der Waals surface area contributed by atoms with Gasteiger partial charge in [-0.15, -0.1) is 0 Å². The maximum Gasteiger partial charge on any atom is 0.328 e. The SMILES string of the molecule is COc1ccc(OC)c(CCCC(=O)NC(CO)C(=O)O)c1. The predicted octanol–water partition coefficient (Wildman–Crippen LogP) is 0.588. The molecule has 0 heterocycles. The van der Waals surface area contributed by atoms with Gasteiger partial charge in [-0.2, -0.15) is 0 Å². The zero-order valence-corrected chi connectivity index (χ0v) is 12.7. The van der Waals surface area contributed by atoms with Crippen LogP contribution in [-0.2, 0) is 16.0 Å². The Kier molecular flexibility index (Phi) is 7.18.